The molecule has 49 heavy (non-hydrogen) atoms. The van der Waals surface area contributed by atoms with E-state index in [4.69, 9.17) is 43.6 Å². The van der Waals surface area contributed by atoms with E-state index in [1.54, 1.807) is 0 Å². The molecule has 22 heteroatoms. The zero-order valence-electron chi connectivity index (χ0n) is 26.5. The first kappa shape index (κ1) is 40.4. The van der Waals surface area contributed by atoms with Crippen molar-refractivity contribution in [3.8, 4) is 0 Å². The number of amides is 1. The van der Waals surface area contributed by atoms with Crippen molar-refractivity contribution in [2.45, 2.75) is 130 Å². The minimum Gasteiger partial charge on any atom is -0.394 e. The maximum Gasteiger partial charge on any atom is 0.217 e. The third kappa shape index (κ3) is 8.66. The number of carbonyl (C=O) groups is 1. The van der Waals surface area contributed by atoms with Crippen molar-refractivity contribution in [2.24, 2.45) is 5.73 Å². The monoisotopic (exact) mass is 720 g/mol. The first-order valence-corrected chi connectivity index (χ1v) is 15.6. The van der Waals surface area contributed by atoms with Gasteiger partial charge in [0, 0.05) is 20.6 Å². The van der Waals surface area contributed by atoms with Gasteiger partial charge in [0.1, 0.15) is 97.6 Å². The number of hydrogen-bond acceptors (Lipinski definition) is 21. The molecule has 14 N–H and O–H groups in total. The van der Waals surface area contributed by atoms with Crippen LogP contribution in [-0.2, 0) is 42.7 Å². The first-order valence-electron chi connectivity index (χ1n) is 15.6. The average Bonchev–Trinajstić information content (AvgIpc) is 3.08. The number of carbonyl (C=O) groups excluding carboxylic acids is 1. The fourth-order valence-electron chi connectivity index (χ4n) is 6.07. The minimum absolute atomic E-state index is 0.284. The molecule has 0 saturated carbocycles. The van der Waals surface area contributed by atoms with Gasteiger partial charge >= 0.3 is 0 Å². The fourth-order valence-corrected chi connectivity index (χ4v) is 6.07. The maximum absolute atomic E-state index is 11.9. The summed E-state index contributed by atoms with van der Waals surface area (Å²) in [6, 6.07) is -1.25. The molecule has 0 aromatic rings. The summed E-state index contributed by atoms with van der Waals surface area (Å²) in [6.45, 7) is -1.34. The van der Waals surface area contributed by atoms with Crippen molar-refractivity contribution in [3.05, 3.63) is 0 Å². The molecule has 22 nitrogen and oxygen atoms in total. The number of methoxy groups -OCH3 is 1. The number of nitrogens with two attached hydrogens (primary N) is 1. The standard InChI is InChI=1S/C27H48N2O20/c1-7(32)29-12-15(35)23(49-26-19(39)16(36)13(33)8(3-28)44-26)11(47-24(12)42-2)6-43-25-21(41)18(38)22(10(5-31)46-25)48-27-20(40)17(37)14(34)9(4-30)45-27/h8-27,30-31,33-41H,3-6,28H2,1-2H3,(H,29,32)/t8-,9-,10-,11-,12-,13+,14+,15-,16+,17+,18-,19-,20-,21-,22-,23-,24-,25-,26+,27+/m1/s1. The van der Waals surface area contributed by atoms with Crippen molar-refractivity contribution in [1.29, 1.82) is 0 Å². The van der Waals surface area contributed by atoms with Gasteiger partial charge in [-0.15, -0.1) is 0 Å². The van der Waals surface area contributed by atoms with Crippen LogP contribution in [0.3, 0.4) is 0 Å². The highest BCUT2D eigenvalue weighted by molar-refractivity contribution is 5.73. The van der Waals surface area contributed by atoms with Crippen molar-refractivity contribution >= 4 is 5.91 Å². The van der Waals surface area contributed by atoms with Crippen LogP contribution in [0.5, 0.6) is 0 Å². The highest BCUT2D eigenvalue weighted by atomic mass is 16.8. The van der Waals surface area contributed by atoms with E-state index in [0.29, 0.717) is 0 Å². The average molecular weight is 721 g/mol. The summed E-state index contributed by atoms with van der Waals surface area (Å²) in [5, 5.41) is 117. The number of aliphatic hydroxyl groups is 11. The normalized spacial score (nSPS) is 49.4. The van der Waals surface area contributed by atoms with Gasteiger partial charge in [0.25, 0.3) is 0 Å². The number of rotatable bonds is 12. The van der Waals surface area contributed by atoms with E-state index in [9.17, 15) is 61.0 Å². The van der Waals surface area contributed by atoms with Gasteiger partial charge < -0.3 is 105 Å². The second-order valence-electron chi connectivity index (χ2n) is 12.2. The molecule has 4 rings (SSSR count). The maximum atomic E-state index is 11.9. The van der Waals surface area contributed by atoms with E-state index < -0.39 is 148 Å². The van der Waals surface area contributed by atoms with E-state index in [2.05, 4.69) is 5.32 Å². The van der Waals surface area contributed by atoms with Crippen LogP contribution >= 0.6 is 0 Å². The van der Waals surface area contributed by atoms with Gasteiger partial charge in [-0.25, -0.2) is 0 Å². The van der Waals surface area contributed by atoms with E-state index >= 15 is 0 Å². The molecular weight excluding hydrogens is 672 g/mol. The van der Waals surface area contributed by atoms with E-state index in [1.165, 1.54) is 14.0 Å². The molecule has 0 bridgehead atoms. The van der Waals surface area contributed by atoms with Gasteiger partial charge in [-0.2, -0.15) is 0 Å². The predicted molar refractivity (Wildman–Crippen MR) is 152 cm³/mol. The van der Waals surface area contributed by atoms with Crippen molar-refractivity contribution < 1.29 is 98.9 Å². The third-order valence-electron chi connectivity index (χ3n) is 8.85. The summed E-state index contributed by atoms with van der Waals surface area (Å²) in [5.41, 5.74) is 5.61. The molecule has 0 aromatic heterocycles. The SMILES string of the molecule is CO[C@@H]1O[C@H](CO[C@@H]2O[C@H](CO)[C@@H](O[C@@H]3O[C@H](CO)[C@H](O)[C@H](O)[C@H]3O)[C@H](O)[C@H]2O)[C@@H](O[C@@H]2O[C@H](CN)[C@H](O)[C@H](O)[C@H]2O)[C@H](O)[C@H]1NC(C)=O. The predicted octanol–water partition coefficient (Wildman–Crippen LogP) is -8.98. The molecule has 4 heterocycles. The third-order valence-corrected chi connectivity index (χ3v) is 8.85. The Morgan fingerprint density at radius 3 is 1.59 bits per heavy atom. The molecule has 4 saturated heterocycles. The van der Waals surface area contributed by atoms with Gasteiger partial charge in [0.05, 0.1) is 19.8 Å². The molecule has 4 aliphatic rings. The Kier molecular flexibility index (Phi) is 14.4. The van der Waals surface area contributed by atoms with Gasteiger partial charge in [0.15, 0.2) is 25.2 Å². The molecule has 0 aromatic carbocycles. The summed E-state index contributed by atoms with van der Waals surface area (Å²) in [4.78, 5) is 11.9. The molecule has 4 fully saturated rings. The van der Waals surface area contributed by atoms with Gasteiger partial charge in [0.2, 0.25) is 5.91 Å². The highest BCUT2D eigenvalue weighted by Crippen LogP contribution is 2.32. The highest BCUT2D eigenvalue weighted by Gasteiger charge is 2.54. The van der Waals surface area contributed by atoms with Crippen LogP contribution in [0, 0.1) is 0 Å². The van der Waals surface area contributed by atoms with Gasteiger partial charge in [-0.3, -0.25) is 4.79 Å². The van der Waals surface area contributed by atoms with Crippen LogP contribution < -0.4 is 11.1 Å². The lowest BCUT2D eigenvalue weighted by atomic mass is 9.95. The quantitative estimate of drug-likeness (QED) is 0.0890. The second kappa shape index (κ2) is 17.5. The zero-order valence-corrected chi connectivity index (χ0v) is 26.5. The Bertz CT molecular complexity index is 1040. The van der Waals surface area contributed by atoms with E-state index in [1.807, 2.05) is 0 Å². The lowest BCUT2D eigenvalue weighted by Gasteiger charge is -2.48. The minimum atomic E-state index is -1.92. The molecule has 4 aliphatic heterocycles. The number of hydrogen-bond donors (Lipinski definition) is 13. The number of nitrogens with one attached hydrogen (secondary N) is 1. The lowest BCUT2D eigenvalue weighted by Crippen LogP contribution is -2.68. The Morgan fingerprint density at radius 1 is 0.612 bits per heavy atom. The summed E-state index contributed by atoms with van der Waals surface area (Å²) < 4.78 is 44.7. The van der Waals surface area contributed by atoms with Crippen LogP contribution in [0.2, 0.25) is 0 Å². The molecule has 20 atom stereocenters. The van der Waals surface area contributed by atoms with Gasteiger partial charge in [-0.05, 0) is 0 Å². The van der Waals surface area contributed by atoms with Crippen molar-refractivity contribution in [2.75, 3.05) is 33.5 Å². The summed E-state index contributed by atoms with van der Waals surface area (Å²) in [6.07, 6.45) is -31.0. The zero-order chi connectivity index (χ0) is 36.3. The Hall–Kier alpha value is -1.33. The molecule has 286 valence electrons. The molecule has 0 unspecified atom stereocenters. The van der Waals surface area contributed by atoms with Gasteiger partial charge in [-0.1, -0.05) is 0 Å². The smallest absolute Gasteiger partial charge is 0.217 e. The molecule has 0 radical (unpaired) electrons. The van der Waals surface area contributed by atoms with Crippen LogP contribution in [0.15, 0.2) is 0 Å². The summed E-state index contributed by atoms with van der Waals surface area (Å²) in [7, 11) is 1.22. The second-order valence-corrected chi connectivity index (χ2v) is 12.2. The largest absolute Gasteiger partial charge is 0.394 e. The van der Waals surface area contributed by atoms with Crippen LogP contribution in [0.4, 0.5) is 0 Å². The molecule has 0 aliphatic carbocycles. The topological polar surface area (TPSA) is 351 Å². The summed E-state index contributed by atoms with van der Waals surface area (Å²) in [5.74, 6) is -0.581. The van der Waals surface area contributed by atoms with E-state index in [-0.39, 0.29) is 6.54 Å². The van der Waals surface area contributed by atoms with Crippen molar-refractivity contribution in [1.82, 2.24) is 5.32 Å². The summed E-state index contributed by atoms with van der Waals surface area (Å²) >= 11 is 0. The Balaban J connectivity index is 1.49. The van der Waals surface area contributed by atoms with E-state index in [0.717, 1.165) is 0 Å². The number of ether oxygens (including phenoxy) is 8. The Labute approximate surface area is 279 Å². The molecular formula is C27H48N2O20. The van der Waals surface area contributed by atoms with Crippen molar-refractivity contribution in [3.63, 3.8) is 0 Å². The number of aliphatic hydroxyl groups excluding tert-OH is 11. The first-order chi connectivity index (χ1) is 23.2. The molecule has 1 amide bonds. The van der Waals surface area contributed by atoms with Crippen LogP contribution in [-0.4, -0.2) is 218 Å². The van der Waals surface area contributed by atoms with Crippen LogP contribution in [0.25, 0.3) is 0 Å². The van der Waals surface area contributed by atoms with Crippen LogP contribution in [0.1, 0.15) is 6.92 Å². The lowest BCUT2D eigenvalue weighted by molar-refractivity contribution is -0.368. The fraction of sp³-hybridized carbons (Fsp3) is 0.963. The molecule has 0 spiro atoms. The Morgan fingerprint density at radius 2 is 1.08 bits per heavy atom.